The Labute approximate surface area is 102 Å². The lowest BCUT2D eigenvalue weighted by molar-refractivity contribution is -0.385. The van der Waals surface area contributed by atoms with Crippen LogP contribution in [0.15, 0.2) is 42.6 Å². The van der Waals surface area contributed by atoms with Gasteiger partial charge in [-0.05, 0) is 18.2 Å². The minimum Gasteiger partial charge on any atom is -0.398 e. The smallest absolute Gasteiger partial charge is 0.282 e. The Morgan fingerprint density at radius 3 is 2.61 bits per heavy atom. The van der Waals surface area contributed by atoms with E-state index in [0.29, 0.717) is 0 Å². The van der Waals surface area contributed by atoms with Crippen molar-refractivity contribution in [3.8, 4) is 0 Å². The number of benzene rings is 1. The number of ketones is 1. The Morgan fingerprint density at radius 2 is 2.00 bits per heavy atom. The lowest BCUT2D eigenvalue weighted by Gasteiger charge is -2.04. The van der Waals surface area contributed by atoms with Crippen LogP contribution in [0.2, 0.25) is 0 Å². The molecule has 18 heavy (non-hydrogen) atoms. The zero-order chi connectivity index (χ0) is 13.1. The molecule has 0 spiro atoms. The lowest BCUT2D eigenvalue weighted by Crippen LogP contribution is -2.10. The number of aromatic nitrogens is 1. The molecular formula is C12H9N3O3. The topological polar surface area (TPSA) is 99.1 Å². The summed E-state index contributed by atoms with van der Waals surface area (Å²) in [5.41, 5.74) is 5.40. The molecule has 2 aromatic rings. The molecule has 0 aliphatic heterocycles. The number of nitrogens with zero attached hydrogens (tertiary/aromatic N) is 2. The van der Waals surface area contributed by atoms with Crippen molar-refractivity contribution in [1.82, 2.24) is 4.98 Å². The van der Waals surface area contributed by atoms with Crippen LogP contribution < -0.4 is 5.73 Å². The second kappa shape index (κ2) is 4.62. The van der Waals surface area contributed by atoms with Gasteiger partial charge in [-0.3, -0.25) is 19.9 Å². The van der Waals surface area contributed by atoms with Gasteiger partial charge in [0.15, 0.2) is 0 Å². The highest BCUT2D eigenvalue weighted by Gasteiger charge is 2.24. The predicted molar refractivity (Wildman–Crippen MR) is 65.2 cm³/mol. The standard InChI is InChI=1S/C12H9N3O3/c13-8-4-3-6-10(15(17)18)11(8)12(16)9-5-1-2-7-14-9/h1-7H,13H2. The summed E-state index contributed by atoms with van der Waals surface area (Å²) in [4.78, 5) is 26.3. The zero-order valence-corrected chi connectivity index (χ0v) is 9.24. The molecule has 0 aliphatic rings. The van der Waals surface area contributed by atoms with Crippen LogP contribution in [0.3, 0.4) is 0 Å². The van der Waals surface area contributed by atoms with Gasteiger partial charge in [0.2, 0.25) is 5.78 Å². The molecule has 90 valence electrons. The maximum Gasteiger partial charge on any atom is 0.282 e. The van der Waals surface area contributed by atoms with Gasteiger partial charge in [0, 0.05) is 18.0 Å². The quantitative estimate of drug-likeness (QED) is 0.383. The third-order valence-electron chi connectivity index (χ3n) is 2.40. The normalized spacial score (nSPS) is 10.0. The highest BCUT2D eigenvalue weighted by Crippen LogP contribution is 2.26. The van der Waals surface area contributed by atoms with Crippen LogP contribution in [0.5, 0.6) is 0 Å². The van der Waals surface area contributed by atoms with Gasteiger partial charge in [0.25, 0.3) is 5.69 Å². The molecule has 0 radical (unpaired) electrons. The minimum absolute atomic E-state index is 0.0693. The summed E-state index contributed by atoms with van der Waals surface area (Å²) < 4.78 is 0. The molecule has 0 saturated heterocycles. The number of nitro groups is 1. The number of rotatable bonds is 3. The first-order valence-electron chi connectivity index (χ1n) is 5.10. The van der Waals surface area contributed by atoms with Crippen molar-refractivity contribution in [2.45, 2.75) is 0 Å². The minimum atomic E-state index is -0.632. The summed E-state index contributed by atoms with van der Waals surface area (Å²) in [6, 6.07) is 8.89. The van der Waals surface area contributed by atoms with Gasteiger partial charge in [-0.2, -0.15) is 0 Å². The second-order valence-electron chi connectivity index (χ2n) is 3.54. The number of nitrogen functional groups attached to an aromatic ring is 1. The van der Waals surface area contributed by atoms with Crippen LogP contribution in [-0.2, 0) is 0 Å². The molecule has 0 aliphatic carbocycles. The van der Waals surface area contributed by atoms with E-state index in [1.165, 1.54) is 30.5 Å². The summed E-state index contributed by atoms with van der Waals surface area (Å²) in [5.74, 6) is -0.555. The van der Waals surface area contributed by atoms with Crippen molar-refractivity contribution in [2.24, 2.45) is 0 Å². The number of hydrogen-bond donors (Lipinski definition) is 1. The first kappa shape index (κ1) is 11.7. The van der Waals surface area contributed by atoms with Gasteiger partial charge in [0.05, 0.1) is 4.92 Å². The van der Waals surface area contributed by atoms with Gasteiger partial charge in [-0.15, -0.1) is 0 Å². The van der Waals surface area contributed by atoms with Crippen molar-refractivity contribution >= 4 is 17.2 Å². The maximum atomic E-state index is 12.1. The molecule has 0 unspecified atom stereocenters. The molecule has 6 heteroatoms. The number of hydrogen-bond acceptors (Lipinski definition) is 5. The van der Waals surface area contributed by atoms with E-state index in [2.05, 4.69) is 4.98 Å². The Balaban J connectivity index is 2.58. The molecule has 1 aromatic carbocycles. The first-order chi connectivity index (χ1) is 8.61. The van der Waals surface area contributed by atoms with Crippen LogP contribution in [0.25, 0.3) is 0 Å². The van der Waals surface area contributed by atoms with Crippen LogP contribution in [0.1, 0.15) is 16.1 Å². The van der Waals surface area contributed by atoms with Gasteiger partial charge in [0.1, 0.15) is 11.3 Å². The van der Waals surface area contributed by atoms with E-state index in [-0.39, 0.29) is 22.6 Å². The van der Waals surface area contributed by atoms with Crippen LogP contribution in [-0.4, -0.2) is 15.7 Å². The number of anilines is 1. The first-order valence-corrected chi connectivity index (χ1v) is 5.10. The molecule has 2 rings (SSSR count). The van der Waals surface area contributed by atoms with E-state index in [1.54, 1.807) is 12.1 Å². The van der Waals surface area contributed by atoms with Crippen molar-refractivity contribution in [2.75, 3.05) is 5.73 Å². The molecule has 2 N–H and O–H groups in total. The number of carbonyl (C=O) groups excluding carboxylic acids is 1. The monoisotopic (exact) mass is 243 g/mol. The molecule has 1 heterocycles. The summed E-state index contributed by atoms with van der Waals surface area (Å²) in [6.07, 6.45) is 1.44. The average Bonchev–Trinajstić information content (AvgIpc) is 2.38. The Kier molecular flexibility index (Phi) is 3.01. The van der Waals surface area contributed by atoms with Gasteiger partial charge >= 0.3 is 0 Å². The van der Waals surface area contributed by atoms with Crippen LogP contribution >= 0.6 is 0 Å². The molecule has 0 atom stereocenters. The molecular weight excluding hydrogens is 234 g/mol. The number of nitrogens with two attached hydrogens (primary N) is 1. The Bertz CT molecular complexity index is 611. The van der Waals surface area contributed by atoms with E-state index in [9.17, 15) is 14.9 Å². The third kappa shape index (κ3) is 2.03. The van der Waals surface area contributed by atoms with E-state index in [1.807, 2.05) is 0 Å². The number of carbonyl (C=O) groups is 1. The van der Waals surface area contributed by atoms with E-state index in [4.69, 9.17) is 5.73 Å². The van der Waals surface area contributed by atoms with Gasteiger partial charge < -0.3 is 5.73 Å². The predicted octanol–water partition coefficient (Wildman–Crippen LogP) is 1.80. The van der Waals surface area contributed by atoms with E-state index < -0.39 is 10.7 Å². The maximum absolute atomic E-state index is 12.1. The zero-order valence-electron chi connectivity index (χ0n) is 9.24. The van der Waals surface area contributed by atoms with Crippen LogP contribution in [0.4, 0.5) is 11.4 Å². The SMILES string of the molecule is Nc1cccc([N+](=O)[O-])c1C(=O)c1ccccn1. The van der Waals surface area contributed by atoms with Crippen molar-refractivity contribution in [3.05, 3.63) is 64.0 Å². The Hall–Kier alpha value is -2.76. The molecule has 0 amide bonds. The molecule has 1 aromatic heterocycles. The van der Waals surface area contributed by atoms with Gasteiger partial charge in [-0.1, -0.05) is 12.1 Å². The fourth-order valence-corrected chi connectivity index (χ4v) is 1.58. The number of nitro benzene ring substituents is 1. The highest BCUT2D eigenvalue weighted by molar-refractivity contribution is 6.13. The lowest BCUT2D eigenvalue weighted by atomic mass is 10.0. The summed E-state index contributed by atoms with van der Waals surface area (Å²) in [5, 5.41) is 10.9. The second-order valence-corrected chi connectivity index (χ2v) is 3.54. The van der Waals surface area contributed by atoms with Crippen molar-refractivity contribution in [3.63, 3.8) is 0 Å². The van der Waals surface area contributed by atoms with Crippen molar-refractivity contribution < 1.29 is 9.72 Å². The summed E-state index contributed by atoms with van der Waals surface area (Å²) in [7, 11) is 0. The highest BCUT2D eigenvalue weighted by atomic mass is 16.6. The largest absolute Gasteiger partial charge is 0.398 e. The molecule has 0 fully saturated rings. The van der Waals surface area contributed by atoms with Crippen molar-refractivity contribution in [1.29, 1.82) is 0 Å². The fraction of sp³-hybridized carbons (Fsp3) is 0. The average molecular weight is 243 g/mol. The Morgan fingerprint density at radius 1 is 1.22 bits per heavy atom. The van der Waals surface area contributed by atoms with E-state index >= 15 is 0 Å². The summed E-state index contributed by atoms with van der Waals surface area (Å²) >= 11 is 0. The van der Waals surface area contributed by atoms with E-state index in [0.717, 1.165) is 0 Å². The fourth-order valence-electron chi connectivity index (χ4n) is 1.58. The molecule has 0 bridgehead atoms. The van der Waals surface area contributed by atoms with Crippen LogP contribution in [0, 0.1) is 10.1 Å². The van der Waals surface area contributed by atoms with Gasteiger partial charge in [-0.25, -0.2) is 0 Å². The summed E-state index contributed by atoms with van der Waals surface area (Å²) in [6.45, 7) is 0. The third-order valence-corrected chi connectivity index (χ3v) is 2.40. The molecule has 0 saturated carbocycles. The number of pyridine rings is 1. The molecule has 6 nitrogen and oxygen atoms in total.